The molecule has 0 atom stereocenters. The van der Waals surface area contributed by atoms with Crippen molar-refractivity contribution in [2.45, 2.75) is 13.8 Å². The Hall–Kier alpha value is -2.11. The minimum Gasteiger partial charge on any atom is -0.478 e. The van der Waals surface area contributed by atoms with Crippen LogP contribution in [0.5, 0.6) is 5.88 Å². The summed E-state index contributed by atoms with van der Waals surface area (Å²) in [5.74, 6) is 0.161. The third-order valence-corrected chi connectivity index (χ3v) is 2.08. The summed E-state index contributed by atoms with van der Waals surface area (Å²) >= 11 is 0. The molecule has 2 aromatic rings. The molecule has 0 radical (unpaired) electrons. The molecule has 17 heavy (non-hydrogen) atoms. The van der Waals surface area contributed by atoms with E-state index >= 15 is 0 Å². The number of fused-ring (bicyclic) bond motifs is 1. The summed E-state index contributed by atoms with van der Waals surface area (Å²) in [7, 11) is 0. The van der Waals surface area contributed by atoms with Crippen LogP contribution in [0.2, 0.25) is 0 Å². The fourth-order valence-electron chi connectivity index (χ4n) is 1.40. The molecule has 0 saturated carbocycles. The number of H-pyrrole nitrogens is 1. The van der Waals surface area contributed by atoms with Crippen LogP contribution in [0.3, 0.4) is 0 Å². The number of rotatable bonds is 4. The topological polar surface area (TPSA) is 77.1 Å². The van der Waals surface area contributed by atoms with E-state index in [9.17, 15) is 4.79 Å². The molecule has 6 nitrogen and oxygen atoms in total. The van der Waals surface area contributed by atoms with E-state index in [4.69, 9.17) is 9.47 Å². The highest BCUT2D eigenvalue weighted by atomic mass is 16.5. The second-order valence-electron chi connectivity index (χ2n) is 3.26. The molecule has 0 spiro atoms. The van der Waals surface area contributed by atoms with Gasteiger partial charge < -0.3 is 14.5 Å². The Morgan fingerprint density at radius 3 is 2.82 bits per heavy atom. The minimum absolute atomic E-state index is 0.156. The van der Waals surface area contributed by atoms with Crippen molar-refractivity contribution in [3.8, 4) is 5.88 Å². The molecule has 0 bridgehead atoms. The number of carbonyl (C=O) groups excluding carboxylic acids is 1. The second-order valence-corrected chi connectivity index (χ2v) is 3.26. The molecule has 90 valence electrons. The first-order valence-electron chi connectivity index (χ1n) is 5.41. The quantitative estimate of drug-likeness (QED) is 0.813. The van der Waals surface area contributed by atoms with E-state index in [1.54, 1.807) is 19.1 Å². The van der Waals surface area contributed by atoms with Gasteiger partial charge in [-0.3, -0.25) is 0 Å². The number of aromatic amines is 1. The standard InChI is InChI=1S/C11H13N3O3/c1-3-16-8-6-5-7-9(13-8)14-10(12-7)11(15)17-4-2/h5-6H,3-4H2,1-2H3,(H,12,13,14). The van der Waals surface area contributed by atoms with E-state index in [0.29, 0.717) is 30.3 Å². The van der Waals surface area contributed by atoms with Crippen LogP contribution in [-0.4, -0.2) is 34.1 Å². The van der Waals surface area contributed by atoms with E-state index in [1.807, 2.05) is 6.92 Å². The lowest BCUT2D eigenvalue weighted by atomic mass is 10.4. The van der Waals surface area contributed by atoms with Crippen molar-refractivity contribution in [3.63, 3.8) is 0 Å². The van der Waals surface area contributed by atoms with Crippen LogP contribution in [0.4, 0.5) is 0 Å². The molecule has 0 fully saturated rings. The normalized spacial score (nSPS) is 10.5. The maximum Gasteiger partial charge on any atom is 0.374 e. The van der Waals surface area contributed by atoms with Gasteiger partial charge in [-0.15, -0.1) is 0 Å². The van der Waals surface area contributed by atoms with Crippen LogP contribution in [-0.2, 0) is 4.74 Å². The Bertz CT molecular complexity index is 536. The zero-order valence-corrected chi connectivity index (χ0v) is 9.69. The third-order valence-electron chi connectivity index (χ3n) is 2.08. The molecular weight excluding hydrogens is 222 g/mol. The van der Waals surface area contributed by atoms with Crippen LogP contribution < -0.4 is 4.74 Å². The van der Waals surface area contributed by atoms with Crippen LogP contribution >= 0.6 is 0 Å². The molecule has 0 saturated heterocycles. The van der Waals surface area contributed by atoms with Crippen LogP contribution in [0.15, 0.2) is 12.1 Å². The molecular formula is C11H13N3O3. The predicted octanol–water partition coefficient (Wildman–Crippen LogP) is 1.53. The van der Waals surface area contributed by atoms with Crippen LogP contribution in [0.1, 0.15) is 24.5 Å². The Balaban J connectivity index is 2.33. The molecule has 0 unspecified atom stereocenters. The Kier molecular flexibility index (Phi) is 3.22. The van der Waals surface area contributed by atoms with Gasteiger partial charge in [-0.2, -0.15) is 4.98 Å². The SMILES string of the molecule is CCOC(=O)c1nc2nc(OCC)ccc2[nH]1. The molecule has 2 heterocycles. The fourth-order valence-corrected chi connectivity index (χ4v) is 1.40. The highest BCUT2D eigenvalue weighted by Gasteiger charge is 2.13. The van der Waals surface area contributed by atoms with Gasteiger partial charge in [0, 0.05) is 6.07 Å². The van der Waals surface area contributed by atoms with Crippen molar-refractivity contribution >= 4 is 17.1 Å². The van der Waals surface area contributed by atoms with Crippen LogP contribution in [0.25, 0.3) is 11.2 Å². The van der Waals surface area contributed by atoms with Gasteiger partial charge in [-0.05, 0) is 19.9 Å². The van der Waals surface area contributed by atoms with Gasteiger partial charge >= 0.3 is 5.97 Å². The van der Waals surface area contributed by atoms with Gasteiger partial charge in [-0.1, -0.05) is 0 Å². The van der Waals surface area contributed by atoms with Gasteiger partial charge in [0.1, 0.15) is 0 Å². The monoisotopic (exact) mass is 235 g/mol. The summed E-state index contributed by atoms with van der Waals surface area (Å²) in [6, 6.07) is 3.49. The van der Waals surface area contributed by atoms with Crippen molar-refractivity contribution in [2.24, 2.45) is 0 Å². The zero-order valence-electron chi connectivity index (χ0n) is 9.69. The lowest BCUT2D eigenvalue weighted by molar-refractivity contribution is 0.0513. The van der Waals surface area contributed by atoms with Crippen molar-refractivity contribution in [2.75, 3.05) is 13.2 Å². The van der Waals surface area contributed by atoms with Gasteiger partial charge in [0.05, 0.1) is 18.7 Å². The predicted molar refractivity (Wildman–Crippen MR) is 61.0 cm³/mol. The minimum atomic E-state index is -0.483. The molecule has 6 heteroatoms. The van der Waals surface area contributed by atoms with E-state index in [-0.39, 0.29) is 5.82 Å². The molecule has 0 aliphatic rings. The van der Waals surface area contributed by atoms with Gasteiger partial charge in [-0.25, -0.2) is 9.78 Å². The molecule has 2 aromatic heterocycles. The number of esters is 1. The maximum absolute atomic E-state index is 11.4. The first kappa shape index (κ1) is 11.4. The smallest absolute Gasteiger partial charge is 0.374 e. The van der Waals surface area contributed by atoms with Crippen molar-refractivity contribution in [1.82, 2.24) is 15.0 Å². The number of nitrogens with one attached hydrogen (secondary N) is 1. The Morgan fingerprint density at radius 2 is 2.12 bits per heavy atom. The first-order chi connectivity index (χ1) is 8.24. The summed E-state index contributed by atoms with van der Waals surface area (Å²) in [6.45, 7) is 4.47. The molecule has 0 aliphatic carbocycles. The average molecular weight is 235 g/mol. The molecule has 0 aromatic carbocycles. The number of pyridine rings is 1. The summed E-state index contributed by atoms with van der Waals surface area (Å²) in [5, 5.41) is 0. The average Bonchev–Trinajstić information content (AvgIpc) is 2.73. The zero-order chi connectivity index (χ0) is 12.3. The number of aromatic nitrogens is 3. The summed E-state index contributed by atoms with van der Waals surface area (Å²) in [5.41, 5.74) is 1.12. The number of hydrogen-bond acceptors (Lipinski definition) is 5. The largest absolute Gasteiger partial charge is 0.478 e. The van der Waals surface area contributed by atoms with E-state index in [1.165, 1.54) is 0 Å². The lowest BCUT2D eigenvalue weighted by Crippen LogP contribution is -2.06. The summed E-state index contributed by atoms with van der Waals surface area (Å²) in [6.07, 6.45) is 0. The van der Waals surface area contributed by atoms with Gasteiger partial charge in [0.15, 0.2) is 5.65 Å². The Morgan fingerprint density at radius 1 is 1.29 bits per heavy atom. The van der Waals surface area contributed by atoms with Crippen molar-refractivity contribution in [1.29, 1.82) is 0 Å². The summed E-state index contributed by atoms with van der Waals surface area (Å²) < 4.78 is 10.1. The number of ether oxygens (including phenoxy) is 2. The van der Waals surface area contributed by atoms with Gasteiger partial charge in [0.2, 0.25) is 11.7 Å². The third kappa shape index (κ3) is 2.35. The Labute approximate surface area is 98.0 Å². The van der Waals surface area contributed by atoms with E-state index in [2.05, 4.69) is 15.0 Å². The molecule has 0 amide bonds. The van der Waals surface area contributed by atoms with Crippen molar-refractivity contribution in [3.05, 3.63) is 18.0 Å². The number of imidazole rings is 1. The second kappa shape index (κ2) is 4.82. The number of hydrogen-bond donors (Lipinski definition) is 1. The summed E-state index contributed by atoms with van der Waals surface area (Å²) in [4.78, 5) is 22.5. The molecule has 1 N–H and O–H groups in total. The lowest BCUT2D eigenvalue weighted by Gasteiger charge is -1.99. The fraction of sp³-hybridized carbons (Fsp3) is 0.364. The van der Waals surface area contributed by atoms with E-state index in [0.717, 1.165) is 0 Å². The molecule has 2 rings (SSSR count). The van der Waals surface area contributed by atoms with Gasteiger partial charge in [0.25, 0.3) is 0 Å². The highest BCUT2D eigenvalue weighted by molar-refractivity contribution is 5.89. The van der Waals surface area contributed by atoms with Crippen LogP contribution in [0, 0.1) is 0 Å². The number of carbonyl (C=O) groups is 1. The number of nitrogens with zero attached hydrogens (tertiary/aromatic N) is 2. The molecule has 0 aliphatic heterocycles. The van der Waals surface area contributed by atoms with E-state index < -0.39 is 5.97 Å². The first-order valence-corrected chi connectivity index (χ1v) is 5.41. The maximum atomic E-state index is 11.4. The van der Waals surface area contributed by atoms with Crippen molar-refractivity contribution < 1.29 is 14.3 Å². The highest BCUT2D eigenvalue weighted by Crippen LogP contribution is 2.14.